The largest absolute Gasteiger partial charge is 0.465 e. The number of esters is 1. The molecule has 12 nitrogen and oxygen atoms in total. The van der Waals surface area contributed by atoms with Crippen molar-refractivity contribution >= 4 is 17.7 Å². The van der Waals surface area contributed by atoms with E-state index in [1.54, 1.807) is 18.6 Å². The van der Waals surface area contributed by atoms with E-state index in [-0.39, 0.29) is 66.7 Å². The van der Waals surface area contributed by atoms with E-state index in [1.807, 2.05) is 25.4 Å². The highest BCUT2D eigenvalue weighted by atomic mass is 16.5. The second-order valence-corrected chi connectivity index (χ2v) is 21.3. The van der Waals surface area contributed by atoms with Gasteiger partial charge >= 0.3 is 5.97 Å². The first-order valence-electron chi connectivity index (χ1n) is 23.2. The zero-order valence-electron chi connectivity index (χ0n) is 36.3. The van der Waals surface area contributed by atoms with E-state index < -0.39 is 52.2 Å². The Labute approximate surface area is 355 Å². The number of nitrogens with zero attached hydrogens (tertiary/aromatic N) is 1. The third-order valence-electron chi connectivity index (χ3n) is 18.2. The molecular weight excluding hydrogens is 761 g/mol. The summed E-state index contributed by atoms with van der Waals surface area (Å²) >= 11 is 0. The van der Waals surface area contributed by atoms with Gasteiger partial charge in [-0.1, -0.05) is 32.4 Å². The van der Waals surface area contributed by atoms with Crippen LogP contribution in [0.1, 0.15) is 129 Å². The van der Waals surface area contributed by atoms with Crippen LogP contribution in [0, 0.1) is 64.1 Å². The molecule has 332 valence electrons. The summed E-state index contributed by atoms with van der Waals surface area (Å²) in [6.07, 6.45) is 14.2. The first-order chi connectivity index (χ1) is 28.4. The number of nitrogens with two attached hydrogens (primary N) is 2. The second kappa shape index (κ2) is 16.3. The highest BCUT2D eigenvalue weighted by Crippen LogP contribution is 2.70. The molecule has 8 rings (SSSR count). The van der Waals surface area contributed by atoms with Crippen LogP contribution in [0.15, 0.2) is 46.8 Å². The fourth-order valence-corrected chi connectivity index (χ4v) is 14.9. The van der Waals surface area contributed by atoms with Crippen LogP contribution in [0.25, 0.3) is 0 Å². The number of guanidine groups is 1. The molecule has 0 spiro atoms. The normalized spacial score (nSPS) is 43.2. The number of H-pyrrole nitrogens is 1. The molecule has 1 aromatic rings. The fraction of sp³-hybridized carbons (Fsp3) is 0.771. The number of carbonyl (C=O) groups excluding carboxylic acids is 2. The first kappa shape index (κ1) is 43.6. The number of fused-ring (bicyclic) bond motifs is 6. The lowest BCUT2D eigenvalue weighted by molar-refractivity contribution is -0.184. The molecule has 60 heavy (non-hydrogen) atoms. The van der Waals surface area contributed by atoms with Crippen molar-refractivity contribution in [2.75, 3.05) is 13.2 Å². The smallest absolute Gasteiger partial charge is 0.313 e. The standard InChI is InChI=1S/C48H72N4O8/c1-26-5-6-28-7-9-31(32(33(28)19-26)10-8-30-25-60-43(57)42(30)29-13-17-51-24-29)27(2)20-41(56)46(4,58)40-12-15-48(59)35-21-37(53)36-22-38(54)39(55)23-45(36,3)34(35)11-14-47(40,48)16-18-52-44(49)50/h7,13,17,21,24,26-27,30-34,36,38-42,51,54-56,58-59H,5-6,8-12,14-16,18-20,22-23,25H2,1-4H3,(H4,49,50,52). The molecule has 0 aromatic carbocycles. The number of aromatic nitrogens is 1. The van der Waals surface area contributed by atoms with E-state index in [4.69, 9.17) is 16.2 Å². The number of allylic oxidation sites excluding steroid dienone is 3. The summed E-state index contributed by atoms with van der Waals surface area (Å²) in [5.74, 6) is 0.154. The minimum Gasteiger partial charge on any atom is -0.465 e. The van der Waals surface area contributed by atoms with Crippen molar-refractivity contribution in [2.24, 2.45) is 80.6 Å². The third kappa shape index (κ3) is 7.21. The Morgan fingerprint density at radius 3 is 2.62 bits per heavy atom. The monoisotopic (exact) mass is 833 g/mol. The summed E-state index contributed by atoms with van der Waals surface area (Å²) in [4.78, 5) is 34.3. The summed E-state index contributed by atoms with van der Waals surface area (Å²) < 4.78 is 5.64. The summed E-state index contributed by atoms with van der Waals surface area (Å²) in [7, 11) is 0. The molecule has 2 heterocycles. The van der Waals surface area contributed by atoms with Crippen molar-refractivity contribution in [2.45, 2.75) is 153 Å². The molecule has 6 aliphatic carbocycles. The Morgan fingerprint density at radius 2 is 1.88 bits per heavy atom. The van der Waals surface area contributed by atoms with Gasteiger partial charge in [0.2, 0.25) is 0 Å². The Balaban J connectivity index is 1.05. The molecule has 17 atom stereocenters. The van der Waals surface area contributed by atoms with Crippen LogP contribution >= 0.6 is 0 Å². The van der Waals surface area contributed by atoms with Crippen molar-refractivity contribution in [1.29, 1.82) is 0 Å². The molecule has 0 radical (unpaired) electrons. The molecule has 1 saturated heterocycles. The number of cyclic esters (lactones) is 1. The molecule has 12 heteroatoms. The van der Waals surface area contributed by atoms with E-state index in [2.05, 4.69) is 29.9 Å². The van der Waals surface area contributed by atoms with Crippen molar-refractivity contribution < 1.29 is 39.9 Å². The second-order valence-electron chi connectivity index (χ2n) is 21.3. The lowest BCUT2D eigenvalue weighted by Crippen LogP contribution is -2.64. The van der Waals surface area contributed by atoms with E-state index in [1.165, 1.54) is 6.42 Å². The van der Waals surface area contributed by atoms with Crippen LogP contribution in [-0.4, -0.2) is 90.9 Å². The molecule has 0 amide bonds. The number of aliphatic hydroxyl groups is 5. The van der Waals surface area contributed by atoms with Gasteiger partial charge < -0.3 is 46.7 Å². The topological polar surface area (TPSA) is 225 Å². The van der Waals surface area contributed by atoms with Crippen LogP contribution in [0.2, 0.25) is 0 Å². The van der Waals surface area contributed by atoms with Gasteiger partial charge in [0.05, 0.1) is 42.0 Å². The van der Waals surface area contributed by atoms with Gasteiger partial charge in [0.25, 0.3) is 0 Å². The predicted molar refractivity (Wildman–Crippen MR) is 228 cm³/mol. The molecule has 7 aliphatic rings. The molecule has 1 aliphatic heterocycles. The molecule has 0 bridgehead atoms. The molecule has 10 N–H and O–H groups in total. The summed E-state index contributed by atoms with van der Waals surface area (Å²) in [6, 6.07) is 1.98. The Hall–Kier alpha value is -3.03. The lowest BCUT2D eigenvalue weighted by atomic mass is 9.44. The van der Waals surface area contributed by atoms with Gasteiger partial charge in [0.1, 0.15) is 0 Å². The summed E-state index contributed by atoms with van der Waals surface area (Å²) in [5.41, 5.74) is 10.2. The number of aliphatic imine (C=N–C) groups is 1. The first-order valence-corrected chi connectivity index (χ1v) is 23.2. The minimum atomic E-state index is -1.59. The zero-order valence-corrected chi connectivity index (χ0v) is 36.3. The highest BCUT2D eigenvalue weighted by molar-refractivity contribution is 5.95. The Morgan fingerprint density at radius 1 is 1.10 bits per heavy atom. The Kier molecular flexibility index (Phi) is 11.8. The molecule has 4 saturated carbocycles. The molecular formula is C48H72N4O8. The SMILES string of the molecule is CC1CCC2=CCC(C(C)CC(O)C(C)(O)C3CCC4(O)C5=CC(=O)C6CC(O)C(O)CC6(C)C5CCC34CCN=C(N)N)C(CCC3COC(=O)C3c3cc[nH]c3)C2C1. The van der Waals surface area contributed by atoms with Crippen LogP contribution in [0.4, 0.5) is 0 Å². The van der Waals surface area contributed by atoms with Crippen molar-refractivity contribution in [3.8, 4) is 0 Å². The number of nitrogens with one attached hydrogen (secondary N) is 1. The number of carbonyl (C=O) groups is 2. The maximum absolute atomic E-state index is 13.9. The molecule has 5 fully saturated rings. The van der Waals surface area contributed by atoms with Crippen LogP contribution in [0.5, 0.6) is 0 Å². The van der Waals surface area contributed by atoms with Crippen LogP contribution < -0.4 is 11.5 Å². The van der Waals surface area contributed by atoms with Gasteiger partial charge in [0.15, 0.2) is 11.7 Å². The number of aromatic amines is 1. The number of hydrogen-bond acceptors (Lipinski definition) is 9. The quantitative estimate of drug-likeness (QED) is 0.0607. The number of ketones is 1. The van der Waals surface area contributed by atoms with Crippen LogP contribution in [-0.2, 0) is 14.3 Å². The predicted octanol–water partition coefficient (Wildman–Crippen LogP) is 5.04. The third-order valence-corrected chi connectivity index (χ3v) is 18.2. The van der Waals surface area contributed by atoms with E-state index >= 15 is 0 Å². The molecule has 17 unspecified atom stereocenters. The zero-order chi connectivity index (χ0) is 42.9. The van der Waals surface area contributed by atoms with Gasteiger partial charge in [-0.15, -0.1) is 0 Å². The number of aliphatic hydroxyl groups excluding tert-OH is 3. The summed E-state index contributed by atoms with van der Waals surface area (Å²) in [6.45, 7) is 9.00. The number of ether oxygens (including phenoxy) is 1. The highest BCUT2D eigenvalue weighted by Gasteiger charge is 2.70. The van der Waals surface area contributed by atoms with Crippen molar-refractivity contribution in [3.63, 3.8) is 0 Å². The average molecular weight is 833 g/mol. The number of hydrogen-bond donors (Lipinski definition) is 8. The fourth-order valence-electron chi connectivity index (χ4n) is 14.9. The van der Waals surface area contributed by atoms with Crippen molar-refractivity contribution in [3.05, 3.63) is 47.3 Å². The van der Waals surface area contributed by atoms with Gasteiger partial charge in [-0.25, -0.2) is 0 Å². The van der Waals surface area contributed by atoms with E-state index in [9.17, 15) is 35.1 Å². The number of rotatable bonds is 12. The lowest BCUT2D eigenvalue weighted by Gasteiger charge is -2.61. The Bertz CT molecular complexity index is 1860. The van der Waals surface area contributed by atoms with Gasteiger partial charge in [-0.3, -0.25) is 14.6 Å². The summed E-state index contributed by atoms with van der Waals surface area (Å²) in [5, 5.41) is 59.9. The molecule has 1 aromatic heterocycles. The van der Waals surface area contributed by atoms with E-state index in [0.29, 0.717) is 68.5 Å². The van der Waals surface area contributed by atoms with Gasteiger partial charge in [0, 0.05) is 36.2 Å². The minimum absolute atomic E-state index is 0.0606. The van der Waals surface area contributed by atoms with Gasteiger partial charge in [-0.05, 0) is 167 Å². The average Bonchev–Trinajstić information content (AvgIpc) is 3.92. The maximum atomic E-state index is 13.9. The van der Waals surface area contributed by atoms with Crippen molar-refractivity contribution in [1.82, 2.24) is 4.98 Å². The van der Waals surface area contributed by atoms with Gasteiger partial charge in [-0.2, -0.15) is 0 Å². The van der Waals surface area contributed by atoms with E-state index in [0.717, 1.165) is 37.7 Å². The van der Waals surface area contributed by atoms with Crippen LogP contribution in [0.3, 0.4) is 0 Å². The maximum Gasteiger partial charge on any atom is 0.313 e.